The lowest BCUT2D eigenvalue weighted by Crippen LogP contribution is -2.46. The minimum Gasteiger partial charge on any atom is -0.508 e. The summed E-state index contributed by atoms with van der Waals surface area (Å²) in [4.78, 5) is 27.5. The number of phenolic OH excluding ortho intramolecular Hbond substituents is 1. The Bertz CT molecular complexity index is 1260. The number of rotatable bonds is 9. The van der Waals surface area contributed by atoms with Crippen molar-refractivity contribution in [2.24, 2.45) is 17.8 Å². The summed E-state index contributed by atoms with van der Waals surface area (Å²) in [5, 5.41) is 20.4. The molecule has 0 bridgehead atoms. The molecule has 0 radical (unpaired) electrons. The zero-order chi connectivity index (χ0) is 27.5. The molecule has 8 heteroatoms. The third-order valence-electron chi connectivity index (χ3n) is 8.25. The number of aromatic hydroxyl groups is 1. The SMILES string of the molecule is CCC/C(=C\c1ccc(O)cc1)CC[C@H]1OB(O)C[C@H]2C1=C(COc1ccccc1)C[C@H]1C(=O)N(C)C(=O)[C@H]12. The number of carbonyl (C=O) groups excluding carboxylic acids is 2. The van der Waals surface area contributed by atoms with Crippen LogP contribution in [0.15, 0.2) is 71.3 Å². The van der Waals surface area contributed by atoms with Gasteiger partial charge in [-0.1, -0.05) is 55.3 Å². The van der Waals surface area contributed by atoms with E-state index in [0.29, 0.717) is 25.8 Å². The van der Waals surface area contributed by atoms with Crippen LogP contribution in [0.4, 0.5) is 0 Å². The normalized spacial score (nSPS) is 25.2. The average Bonchev–Trinajstić information content (AvgIpc) is 3.15. The summed E-state index contributed by atoms with van der Waals surface area (Å²) in [5.74, 6) is -0.501. The van der Waals surface area contributed by atoms with Gasteiger partial charge in [0.05, 0.1) is 17.9 Å². The summed E-state index contributed by atoms with van der Waals surface area (Å²) in [6.45, 7) is 2.45. The van der Waals surface area contributed by atoms with E-state index in [2.05, 4.69) is 13.0 Å². The van der Waals surface area contributed by atoms with Gasteiger partial charge in [0, 0.05) is 7.05 Å². The van der Waals surface area contributed by atoms with E-state index in [-0.39, 0.29) is 29.6 Å². The number of carbonyl (C=O) groups is 2. The molecule has 1 aliphatic carbocycles. The zero-order valence-electron chi connectivity index (χ0n) is 22.6. The molecule has 0 saturated carbocycles. The Kier molecular flexibility index (Phi) is 8.24. The first kappa shape index (κ1) is 27.2. The summed E-state index contributed by atoms with van der Waals surface area (Å²) >= 11 is 0. The van der Waals surface area contributed by atoms with Crippen LogP contribution in [0.2, 0.25) is 6.32 Å². The zero-order valence-corrected chi connectivity index (χ0v) is 22.6. The number of phenols is 1. The molecule has 2 fully saturated rings. The fourth-order valence-corrected chi connectivity index (χ4v) is 6.45. The average molecular weight is 529 g/mol. The van der Waals surface area contributed by atoms with Gasteiger partial charge >= 0.3 is 7.12 Å². The number of allylic oxidation sites excluding steroid dienone is 1. The monoisotopic (exact) mass is 529 g/mol. The van der Waals surface area contributed by atoms with Gasteiger partial charge in [0.1, 0.15) is 18.1 Å². The van der Waals surface area contributed by atoms with Crippen molar-refractivity contribution < 1.29 is 29.1 Å². The lowest BCUT2D eigenvalue weighted by Gasteiger charge is -2.43. The highest BCUT2D eigenvalue weighted by Crippen LogP contribution is 2.50. The number of fused-ring (bicyclic) bond motifs is 3. The third kappa shape index (κ3) is 5.82. The van der Waals surface area contributed by atoms with Gasteiger partial charge in [0.2, 0.25) is 11.8 Å². The second-order valence-electron chi connectivity index (χ2n) is 10.8. The van der Waals surface area contributed by atoms with Crippen LogP contribution in [-0.2, 0) is 14.2 Å². The van der Waals surface area contributed by atoms with Crippen molar-refractivity contribution in [1.29, 1.82) is 0 Å². The van der Waals surface area contributed by atoms with Gasteiger partial charge in [0.15, 0.2) is 0 Å². The van der Waals surface area contributed by atoms with Gasteiger partial charge in [-0.05, 0) is 78.9 Å². The Morgan fingerprint density at radius 3 is 2.54 bits per heavy atom. The minimum atomic E-state index is -0.997. The number of hydrogen-bond donors (Lipinski definition) is 2. The Balaban J connectivity index is 1.44. The summed E-state index contributed by atoms with van der Waals surface area (Å²) in [6, 6.07) is 16.7. The Labute approximate surface area is 230 Å². The van der Waals surface area contributed by atoms with E-state index in [1.54, 1.807) is 19.2 Å². The molecule has 0 unspecified atom stereocenters. The number of benzene rings is 2. The molecule has 2 heterocycles. The van der Waals surface area contributed by atoms with Gasteiger partial charge in [-0.3, -0.25) is 14.5 Å². The molecule has 2 saturated heterocycles. The maximum atomic E-state index is 13.2. The van der Waals surface area contributed by atoms with Gasteiger partial charge in [-0.15, -0.1) is 0 Å². The fourth-order valence-electron chi connectivity index (χ4n) is 6.45. The van der Waals surface area contributed by atoms with Crippen LogP contribution >= 0.6 is 0 Å². The second kappa shape index (κ2) is 11.8. The highest BCUT2D eigenvalue weighted by Gasteiger charge is 2.56. The maximum Gasteiger partial charge on any atom is 0.455 e. The fraction of sp³-hybridized carbons (Fsp3) is 0.419. The number of likely N-dealkylation sites (tertiary alicyclic amines) is 1. The van der Waals surface area contributed by atoms with Gasteiger partial charge in [-0.25, -0.2) is 0 Å². The van der Waals surface area contributed by atoms with Crippen LogP contribution in [0.1, 0.15) is 44.6 Å². The largest absolute Gasteiger partial charge is 0.508 e. The van der Waals surface area contributed by atoms with E-state index in [0.717, 1.165) is 41.7 Å². The minimum absolute atomic E-state index is 0.152. The number of amides is 2. The van der Waals surface area contributed by atoms with E-state index in [1.807, 2.05) is 42.5 Å². The predicted molar refractivity (Wildman–Crippen MR) is 150 cm³/mol. The lowest BCUT2D eigenvalue weighted by molar-refractivity contribution is -0.138. The molecule has 204 valence electrons. The van der Waals surface area contributed by atoms with E-state index in [1.165, 1.54) is 10.5 Å². The Morgan fingerprint density at radius 2 is 1.82 bits per heavy atom. The molecule has 2 aromatic carbocycles. The first-order valence-electron chi connectivity index (χ1n) is 13.9. The van der Waals surface area contributed by atoms with Crippen molar-refractivity contribution in [3.63, 3.8) is 0 Å². The molecule has 2 aromatic rings. The highest BCUT2D eigenvalue weighted by molar-refractivity contribution is 6.43. The van der Waals surface area contributed by atoms with E-state index in [9.17, 15) is 19.7 Å². The van der Waals surface area contributed by atoms with Crippen molar-refractivity contribution >= 4 is 25.0 Å². The summed E-state index contributed by atoms with van der Waals surface area (Å²) in [7, 11) is 0.560. The molecule has 4 atom stereocenters. The number of imide groups is 1. The first-order chi connectivity index (χ1) is 18.9. The van der Waals surface area contributed by atoms with Gasteiger partial charge < -0.3 is 19.5 Å². The molecular weight excluding hydrogens is 493 g/mol. The molecule has 39 heavy (non-hydrogen) atoms. The maximum absolute atomic E-state index is 13.2. The van der Waals surface area contributed by atoms with Crippen molar-refractivity contribution in [3.8, 4) is 11.5 Å². The molecule has 7 nitrogen and oxygen atoms in total. The van der Waals surface area contributed by atoms with Crippen LogP contribution in [-0.4, -0.2) is 53.7 Å². The number of nitrogens with zero attached hydrogens (tertiary/aromatic N) is 1. The molecule has 2 aliphatic heterocycles. The van der Waals surface area contributed by atoms with Crippen molar-refractivity contribution in [2.45, 2.75) is 51.5 Å². The van der Waals surface area contributed by atoms with E-state index in [4.69, 9.17) is 9.39 Å². The Hall–Kier alpha value is -3.36. The summed E-state index contributed by atoms with van der Waals surface area (Å²) in [5.41, 5.74) is 4.30. The smallest absolute Gasteiger partial charge is 0.455 e. The Morgan fingerprint density at radius 1 is 1.08 bits per heavy atom. The lowest BCUT2D eigenvalue weighted by atomic mass is 9.58. The van der Waals surface area contributed by atoms with Crippen LogP contribution < -0.4 is 4.74 Å². The molecule has 0 aromatic heterocycles. The van der Waals surface area contributed by atoms with Crippen molar-refractivity contribution in [1.82, 2.24) is 4.90 Å². The number of para-hydroxylation sites is 1. The van der Waals surface area contributed by atoms with E-state index >= 15 is 0 Å². The standard InChI is InChI=1S/C31H36BNO6/c1-3-7-20(16-21-10-13-23(34)14-11-21)12-15-27-28-22(19-38-24-8-5-4-6-9-24)17-25-29(26(28)18-32(37)39-27)31(36)33(2)30(25)35/h4-6,8-11,13-14,16,25-27,29,34,37H,3,7,12,15,17-19H2,1-2H3/b20-16+/t25-,26+,27-,29-/m1/s1. The quantitative estimate of drug-likeness (QED) is 0.274. The third-order valence-corrected chi connectivity index (χ3v) is 8.25. The van der Waals surface area contributed by atoms with Crippen LogP contribution in [0.3, 0.4) is 0 Å². The summed E-state index contributed by atoms with van der Waals surface area (Å²) < 4.78 is 12.3. The molecule has 5 rings (SSSR count). The molecule has 3 aliphatic rings. The highest BCUT2D eigenvalue weighted by atomic mass is 16.5. The molecule has 0 spiro atoms. The van der Waals surface area contributed by atoms with Gasteiger partial charge in [-0.2, -0.15) is 0 Å². The number of ether oxygens (including phenoxy) is 1. The van der Waals surface area contributed by atoms with Crippen LogP contribution in [0, 0.1) is 17.8 Å². The van der Waals surface area contributed by atoms with Gasteiger partial charge in [0.25, 0.3) is 0 Å². The first-order valence-corrected chi connectivity index (χ1v) is 13.9. The van der Waals surface area contributed by atoms with Crippen LogP contribution in [0.5, 0.6) is 11.5 Å². The number of hydrogen-bond acceptors (Lipinski definition) is 6. The molecule has 2 amide bonds. The predicted octanol–water partition coefficient (Wildman–Crippen LogP) is 4.86. The van der Waals surface area contributed by atoms with E-state index < -0.39 is 19.0 Å². The van der Waals surface area contributed by atoms with Crippen molar-refractivity contribution in [3.05, 3.63) is 76.9 Å². The molecule has 2 N–H and O–H groups in total. The second-order valence-corrected chi connectivity index (χ2v) is 10.8. The summed E-state index contributed by atoms with van der Waals surface area (Å²) in [6.07, 6.45) is 5.85. The van der Waals surface area contributed by atoms with Crippen LogP contribution in [0.25, 0.3) is 6.08 Å². The van der Waals surface area contributed by atoms with Crippen molar-refractivity contribution in [2.75, 3.05) is 13.7 Å². The topological polar surface area (TPSA) is 96.3 Å². The molecular formula is C31H36BNO6.